The fourth-order valence-corrected chi connectivity index (χ4v) is 2.56. The summed E-state index contributed by atoms with van der Waals surface area (Å²) in [6, 6.07) is 2.13. The van der Waals surface area contributed by atoms with Gasteiger partial charge in [0.1, 0.15) is 0 Å². The van der Waals surface area contributed by atoms with Crippen LogP contribution in [0.25, 0.3) is 0 Å². The van der Waals surface area contributed by atoms with E-state index in [0.29, 0.717) is 0 Å². The highest BCUT2D eigenvalue weighted by Crippen LogP contribution is 2.32. The average molecular weight is 231 g/mol. The molecule has 1 fully saturated rings. The van der Waals surface area contributed by atoms with E-state index in [1.807, 2.05) is 27.7 Å². The van der Waals surface area contributed by atoms with Gasteiger partial charge in [0.25, 0.3) is 0 Å². The van der Waals surface area contributed by atoms with Crippen LogP contribution >= 0.6 is 0 Å². The number of aryl methyl sites for hydroxylation is 2. The molecular weight excluding hydrogens is 214 g/mol. The Bertz CT molecular complexity index is 491. The minimum absolute atomic E-state index is 0.161. The van der Waals surface area contributed by atoms with Crippen molar-refractivity contribution in [3.8, 4) is 0 Å². The molecule has 1 aromatic carbocycles. The van der Waals surface area contributed by atoms with Gasteiger partial charge in [-0.2, -0.15) is 0 Å². The first kappa shape index (κ1) is 11.8. The van der Waals surface area contributed by atoms with Gasteiger partial charge in [-0.05, 0) is 55.5 Å². The molecule has 0 aromatic heterocycles. The highest BCUT2D eigenvalue weighted by atomic mass is 16.2. The second-order valence-corrected chi connectivity index (χ2v) is 4.84. The molecule has 1 aliphatic heterocycles. The minimum atomic E-state index is -0.305. The van der Waals surface area contributed by atoms with Crippen LogP contribution in [0.15, 0.2) is 6.07 Å². The normalized spacial score (nSPS) is 19.6. The minimum Gasteiger partial charge on any atom is -0.296 e. The SMILES string of the molecule is Cc1cc(C)c(C)c(C2CC(=O)NC2=O)c1C. The molecule has 0 aliphatic carbocycles. The maximum Gasteiger partial charge on any atom is 0.234 e. The summed E-state index contributed by atoms with van der Waals surface area (Å²) in [6.07, 6.45) is 0.281. The topological polar surface area (TPSA) is 46.2 Å². The van der Waals surface area contributed by atoms with Crippen molar-refractivity contribution in [3.05, 3.63) is 33.9 Å². The molecule has 1 unspecified atom stereocenters. The van der Waals surface area contributed by atoms with Crippen molar-refractivity contribution < 1.29 is 9.59 Å². The lowest BCUT2D eigenvalue weighted by Gasteiger charge is -2.18. The van der Waals surface area contributed by atoms with Crippen LogP contribution < -0.4 is 5.32 Å². The Morgan fingerprint density at radius 2 is 1.59 bits per heavy atom. The van der Waals surface area contributed by atoms with Gasteiger partial charge in [-0.15, -0.1) is 0 Å². The average Bonchev–Trinajstić information content (AvgIpc) is 2.56. The predicted octanol–water partition coefficient (Wildman–Crippen LogP) is 2.05. The molecule has 3 heteroatoms. The molecule has 0 saturated carbocycles. The van der Waals surface area contributed by atoms with E-state index in [-0.39, 0.29) is 24.2 Å². The molecule has 1 saturated heterocycles. The molecule has 2 rings (SSSR count). The highest BCUT2D eigenvalue weighted by molar-refractivity contribution is 6.06. The van der Waals surface area contributed by atoms with Crippen LogP contribution in [0, 0.1) is 27.7 Å². The second-order valence-electron chi connectivity index (χ2n) is 4.84. The third-order valence-electron chi connectivity index (χ3n) is 3.74. The number of hydrogen-bond donors (Lipinski definition) is 1. The molecule has 90 valence electrons. The summed E-state index contributed by atoms with van der Waals surface area (Å²) in [4.78, 5) is 23.1. The van der Waals surface area contributed by atoms with E-state index in [4.69, 9.17) is 0 Å². The Morgan fingerprint density at radius 3 is 2.00 bits per heavy atom. The molecule has 1 aromatic rings. The van der Waals surface area contributed by atoms with Crippen LogP contribution in [0.2, 0.25) is 0 Å². The Hall–Kier alpha value is -1.64. The molecule has 1 aliphatic rings. The van der Waals surface area contributed by atoms with E-state index in [9.17, 15) is 9.59 Å². The van der Waals surface area contributed by atoms with Crippen molar-refractivity contribution in [3.63, 3.8) is 0 Å². The van der Waals surface area contributed by atoms with Crippen LogP contribution in [0.3, 0.4) is 0 Å². The van der Waals surface area contributed by atoms with Crippen molar-refractivity contribution >= 4 is 11.8 Å². The number of carbonyl (C=O) groups excluding carboxylic acids is 2. The van der Waals surface area contributed by atoms with Gasteiger partial charge in [0.2, 0.25) is 11.8 Å². The molecule has 0 bridgehead atoms. The summed E-state index contributed by atoms with van der Waals surface area (Å²) >= 11 is 0. The summed E-state index contributed by atoms with van der Waals surface area (Å²) in [6.45, 7) is 8.13. The summed E-state index contributed by atoms with van der Waals surface area (Å²) in [5.74, 6) is -0.634. The number of amides is 2. The molecule has 1 atom stereocenters. The molecular formula is C14H17NO2. The lowest BCUT2D eigenvalue weighted by atomic mass is 9.85. The van der Waals surface area contributed by atoms with E-state index in [2.05, 4.69) is 11.4 Å². The molecule has 3 nitrogen and oxygen atoms in total. The monoisotopic (exact) mass is 231 g/mol. The highest BCUT2D eigenvalue weighted by Gasteiger charge is 2.34. The second kappa shape index (κ2) is 3.99. The standard InChI is InChI=1S/C14H17NO2/c1-7-5-8(2)10(4)13(9(7)3)11-6-12(16)15-14(11)17/h5,11H,6H2,1-4H3,(H,15,16,17). The van der Waals surface area contributed by atoms with Gasteiger partial charge < -0.3 is 0 Å². The Balaban J connectivity index is 2.59. The molecule has 17 heavy (non-hydrogen) atoms. The number of imide groups is 1. The van der Waals surface area contributed by atoms with Crippen LogP contribution in [0.5, 0.6) is 0 Å². The van der Waals surface area contributed by atoms with E-state index in [1.165, 1.54) is 11.1 Å². The predicted molar refractivity (Wildman–Crippen MR) is 65.9 cm³/mol. The Morgan fingerprint density at radius 1 is 1.06 bits per heavy atom. The van der Waals surface area contributed by atoms with Crippen LogP contribution in [-0.4, -0.2) is 11.8 Å². The Labute approximate surface area is 101 Å². The third-order valence-corrected chi connectivity index (χ3v) is 3.74. The lowest BCUT2D eigenvalue weighted by Crippen LogP contribution is -2.22. The molecule has 1 N–H and O–H groups in total. The van der Waals surface area contributed by atoms with E-state index in [0.717, 1.165) is 16.7 Å². The summed E-state index contributed by atoms with van der Waals surface area (Å²) in [5, 5.41) is 2.38. The van der Waals surface area contributed by atoms with Crippen molar-refractivity contribution in [2.24, 2.45) is 0 Å². The molecule has 0 spiro atoms. The van der Waals surface area contributed by atoms with Crippen LogP contribution in [-0.2, 0) is 9.59 Å². The molecule has 2 amide bonds. The van der Waals surface area contributed by atoms with E-state index in [1.54, 1.807) is 0 Å². The van der Waals surface area contributed by atoms with Gasteiger partial charge in [-0.1, -0.05) is 6.07 Å². The summed E-state index contributed by atoms with van der Waals surface area (Å²) in [7, 11) is 0. The third kappa shape index (κ3) is 1.86. The zero-order valence-electron chi connectivity index (χ0n) is 10.7. The summed E-state index contributed by atoms with van der Waals surface area (Å²) < 4.78 is 0. The van der Waals surface area contributed by atoms with Gasteiger partial charge in [0.15, 0.2) is 0 Å². The van der Waals surface area contributed by atoms with Crippen LogP contribution in [0.1, 0.15) is 40.2 Å². The summed E-state index contributed by atoms with van der Waals surface area (Å²) in [5.41, 5.74) is 5.64. The van der Waals surface area contributed by atoms with Gasteiger partial charge in [0.05, 0.1) is 5.92 Å². The first-order valence-electron chi connectivity index (χ1n) is 5.82. The van der Waals surface area contributed by atoms with Gasteiger partial charge in [-0.25, -0.2) is 0 Å². The number of carbonyl (C=O) groups is 2. The van der Waals surface area contributed by atoms with Gasteiger partial charge in [0, 0.05) is 6.42 Å². The van der Waals surface area contributed by atoms with Gasteiger partial charge in [-0.3, -0.25) is 14.9 Å². The van der Waals surface area contributed by atoms with Gasteiger partial charge >= 0.3 is 0 Å². The smallest absolute Gasteiger partial charge is 0.234 e. The fraction of sp³-hybridized carbons (Fsp3) is 0.429. The Kier molecular flexibility index (Phi) is 2.77. The quantitative estimate of drug-likeness (QED) is 0.752. The van der Waals surface area contributed by atoms with Crippen LogP contribution in [0.4, 0.5) is 0 Å². The zero-order valence-corrected chi connectivity index (χ0v) is 10.7. The van der Waals surface area contributed by atoms with Crippen molar-refractivity contribution in [1.82, 2.24) is 5.32 Å². The molecule has 1 heterocycles. The largest absolute Gasteiger partial charge is 0.296 e. The fourth-order valence-electron chi connectivity index (χ4n) is 2.56. The molecule has 0 radical (unpaired) electrons. The number of benzene rings is 1. The first-order valence-corrected chi connectivity index (χ1v) is 5.82. The van der Waals surface area contributed by atoms with Crippen molar-refractivity contribution in [2.75, 3.05) is 0 Å². The maximum atomic E-state index is 11.8. The zero-order chi connectivity index (χ0) is 12.7. The van der Waals surface area contributed by atoms with E-state index >= 15 is 0 Å². The number of nitrogens with one attached hydrogen (secondary N) is 1. The lowest BCUT2D eigenvalue weighted by molar-refractivity contribution is -0.125. The van der Waals surface area contributed by atoms with E-state index < -0.39 is 0 Å². The van der Waals surface area contributed by atoms with Crippen molar-refractivity contribution in [1.29, 1.82) is 0 Å². The van der Waals surface area contributed by atoms with Crippen molar-refractivity contribution in [2.45, 2.75) is 40.0 Å². The number of rotatable bonds is 1. The first-order chi connectivity index (χ1) is 7.91. The maximum absolute atomic E-state index is 11.8. The number of hydrogen-bond acceptors (Lipinski definition) is 2.